The van der Waals surface area contributed by atoms with Gasteiger partial charge in [-0.25, -0.2) is 0 Å². The van der Waals surface area contributed by atoms with Crippen LogP contribution in [0.4, 0.5) is 5.69 Å². The highest BCUT2D eigenvalue weighted by molar-refractivity contribution is 6.04. The zero-order valence-corrected chi connectivity index (χ0v) is 21.4. The molecule has 5 atom stereocenters. The molecule has 3 fully saturated rings. The van der Waals surface area contributed by atoms with Crippen molar-refractivity contribution in [2.24, 2.45) is 11.8 Å². The molecule has 3 N–H and O–H groups in total. The number of rotatable bonds is 10. The largest absolute Gasteiger partial charge is 0.396 e. The van der Waals surface area contributed by atoms with Gasteiger partial charge in [-0.1, -0.05) is 25.1 Å². The van der Waals surface area contributed by atoms with Crippen molar-refractivity contribution in [1.82, 2.24) is 10.2 Å². The molecule has 3 aliphatic heterocycles. The lowest BCUT2D eigenvalue weighted by atomic mass is 9.66. The predicted molar refractivity (Wildman–Crippen MR) is 133 cm³/mol. The van der Waals surface area contributed by atoms with Gasteiger partial charge in [0.05, 0.1) is 17.4 Å². The van der Waals surface area contributed by atoms with Crippen molar-refractivity contribution in [2.45, 2.75) is 83.5 Å². The maximum Gasteiger partial charge on any atom is 0.250 e. The molecule has 8 heteroatoms. The van der Waals surface area contributed by atoms with Crippen LogP contribution in [0.5, 0.6) is 0 Å². The standard InChI is InChI=1S/C27H39N3O5/c1-5-14-28-23(32)19-20-25(34)30(15-7-6-8-16-31)22(27(20)13-12-26(19,4)35-27)24(33)29-21-17(2)10-9-11-18(21)3/h9-11,19-20,22,31H,5-8,12-16H2,1-4H3,(H,28,32)(H,29,33)/t19-,20-,22?,26+,27?/m0/s1. The lowest BCUT2D eigenvalue weighted by molar-refractivity contribution is -0.144. The molecule has 0 aromatic heterocycles. The Morgan fingerprint density at radius 3 is 2.51 bits per heavy atom. The van der Waals surface area contributed by atoms with Gasteiger partial charge in [-0.2, -0.15) is 0 Å². The number of fused-ring (bicyclic) bond motifs is 1. The molecule has 3 heterocycles. The number of anilines is 1. The second kappa shape index (κ2) is 9.90. The number of hydrogen-bond acceptors (Lipinski definition) is 5. The number of aryl methyl sites for hydroxylation is 2. The predicted octanol–water partition coefficient (Wildman–Crippen LogP) is 2.70. The molecule has 0 radical (unpaired) electrons. The quantitative estimate of drug-likeness (QED) is 0.442. The number of ether oxygens (including phenoxy) is 1. The van der Waals surface area contributed by atoms with Gasteiger partial charge in [0, 0.05) is 25.4 Å². The number of carbonyl (C=O) groups excluding carboxylic acids is 3. The fourth-order valence-electron chi connectivity index (χ4n) is 6.50. The summed E-state index contributed by atoms with van der Waals surface area (Å²) in [6.45, 7) is 8.83. The van der Waals surface area contributed by atoms with Crippen LogP contribution in [0.25, 0.3) is 0 Å². The molecule has 1 aromatic rings. The molecule has 3 saturated heterocycles. The minimum Gasteiger partial charge on any atom is -0.396 e. The molecule has 4 rings (SSSR count). The summed E-state index contributed by atoms with van der Waals surface area (Å²) in [7, 11) is 0. The second-order valence-electron chi connectivity index (χ2n) is 10.6. The fourth-order valence-corrected chi connectivity index (χ4v) is 6.50. The number of carbonyl (C=O) groups is 3. The second-order valence-corrected chi connectivity index (χ2v) is 10.6. The van der Waals surface area contributed by atoms with Gasteiger partial charge in [0.2, 0.25) is 17.7 Å². The third-order valence-electron chi connectivity index (χ3n) is 8.14. The Hall–Kier alpha value is -2.45. The number of benzene rings is 1. The van der Waals surface area contributed by atoms with Crippen LogP contribution in [0.15, 0.2) is 18.2 Å². The number of amides is 3. The molecule has 2 bridgehead atoms. The lowest BCUT2D eigenvalue weighted by Gasteiger charge is -2.33. The molecule has 1 aromatic carbocycles. The van der Waals surface area contributed by atoms with E-state index in [1.165, 1.54) is 0 Å². The van der Waals surface area contributed by atoms with Crippen molar-refractivity contribution in [2.75, 3.05) is 25.0 Å². The lowest BCUT2D eigenvalue weighted by Crippen LogP contribution is -2.53. The minimum atomic E-state index is -1.02. The summed E-state index contributed by atoms with van der Waals surface area (Å²) in [5.41, 5.74) is 0.870. The van der Waals surface area contributed by atoms with Crippen molar-refractivity contribution in [3.05, 3.63) is 29.3 Å². The van der Waals surface area contributed by atoms with Crippen LogP contribution in [-0.4, -0.2) is 64.7 Å². The van der Waals surface area contributed by atoms with E-state index in [1.54, 1.807) is 4.90 Å². The van der Waals surface area contributed by atoms with Crippen molar-refractivity contribution in [3.8, 4) is 0 Å². The van der Waals surface area contributed by atoms with Gasteiger partial charge in [0.1, 0.15) is 11.6 Å². The summed E-state index contributed by atoms with van der Waals surface area (Å²) in [5.74, 6) is -1.89. The molecule has 0 aliphatic carbocycles. The number of unbranched alkanes of at least 4 members (excludes halogenated alkanes) is 2. The van der Waals surface area contributed by atoms with E-state index in [0.717, 1.165) is 29.7 Å². The molecular weight excluding hydrogens is 446 g/mol. The first-order valence-electron chi connectivity index (χ1n) is 13.0. The van der Waals surface area contributed by atoms with E-state index in [9.17, 15) is 14.4 Å². The highest BCUT2D eigenvalue weighted by Gasteiger charge is 2.77. The first-order chi connectivity index (χ1) is 16.7. The topological polar surface area (TPSA) is 108 Å². The highest BCUT2D eigenvalue weighted by atomic mass is 16.5. The van der Waals surface area contributed by atoms with Crippen LogP contribution in [0.1, 0.15) is 63.5 Å². The Kier molecular flexibility index (Phi) is 7.25. The molecular formula is C27H39N3O5. The zero-order chi connectivity index (χ0) is 25.4. The fraction of sp³-hybridized carbons (Fsp3) is 0.667. The van der Waals surface area contributed by atoms with Crippen LogP contribution < -0.4 is 10.6 Å². The van der Waals surface area contributed by atoms with Crippen LogP contribution in [-0.2, 0) is 19.1 Å². The SMILES string of the molecule is CCCNC(=O)[C@@H]1[C@H]2C(=O)N(CCCCCO)C(C(=O)Nc3c(C)cccc3C)C23CC[C@@]1(C)O3. The smallest absolute Gasteiger partial charge is 0.250 e. The third-order valence-corrected chi connectivity index (χ3v) is 8.14. The molecule has 35 heavy (non-hydrogen) atoms. The first kappa shape index (κ1) is 25.6. The van der Waals surface area contributed by atoms with Crippen LogP contribution >= 0.6 is 0 Å². The Morgan fingerprint density at radius 2 is 1.86 bits per heavy atom. The molecule has 0 saturated carbocycles. The Balaban J connectivity index is 1.69. The Morgan fingerprint density at radius 1 is 1.14 bits per heavy atom. The van der Waals surface area contributed by atoms with E-state index in [1.807, 2.05) is 45.9 Å². The molecule has 1 spiro atoms. The van der Waals surface area contributed by atoms with Gasteiger partial charge in [0.25, 0.3) is 0 Å². The van der Waals surface area contributed by atoms with Crippen molar-refractivity contribution in [1.29, 1.82) is 0 Å². The van der Waals surface area contributed by atoms with E-state index in [0.29, 0.717) is 38.8 Å². The molecule has 2 unspecified atom stereocenters. The molecule has 8 nitrogen and oxygen atoms in total. The zero-order valence-electron chi connectivity index (χ0n) is 21.4. The number of nitrogens with one attached hydrogen (secondary N) is 2. The number of aliphatic hydroxyl groups excluding tert-OH is 1. The van der Waals surface area contributed by atoms with Crippen molar-refractivity contribution < 1.29 is 24.2 Å². The molecule has 3 amide bonds. The van der Waals surface area contributed by atoms with Gasteiger partial charge < -0.3 is 25.4 Å². The summed E-state index contributed by atoms with van der Waals surface area (Å²) >= 11 is 0. The van der Waals surface area contributed by atoms with Crippen LogP contribution in [0, 0.1) is 25.7 Å². The van der Waals surface area contributed by atoms with Crippen LogP contribution in [0.3, 0.4) is 0 Å². The number of para-hydroxylation sites is 1. The van der Waals surface area contributed by atoms with E-state index in [2.05, 4.69) is 10.6 Å². The summed E-state index contributed by atoms with van der Waals surface area (Å²) in [4.78, 5) is 42.7. The van der Waals surface area contributed by atoms with Crippen LogP contribution in [0.2, 0.25) is 0 Å². The van der Waals surface area contributed by atoms with Crippen molar-refractivity contribution in [3.63, 3.8) is 0 Å². The van der Waals surface area contributed by atoms with E-state index < -0.39 is 29.1 Å². The number of likely N-dealkylation sites (tertiary alicyclic amines) is 1. The number of hydrogen-bond donors (Lipinski definition) is 3. The average molecular weight is 486 g/mol. The van der Waals surface area contributed by atoms with Crippen molar-refractivity contribution >= 4 is 23.4 Å². The maximum absolute atomic E-state index is 13.9. The average Bonchev–Trinajstić information content (AvgIpc) is 3.38. The van der Waals surface area contributed by atoms with E-state index in [-0.39, 0.29) is 24.3 Å². The summed E-state index contributed by atoms with van der Waals surface area (Å²) in [5, 5.41) is 15.2. The monoisotopic (exact) mass is 485 g/mol. The number of aliphatic hydroxyl groups is 1. The van der Waals surface area contributed by atoms with Gasteiger partial charge in [-0.05, 0) is 70.4 Å². The summed E-state index contributed by atoms with van der Waals surface area (Å²) < 4.78 is 6.62. The Bertz CT molecular complexity index is 977. The molecule has 192 valence electrons. The van der Waals surface area contributed by atoms with Gasteiger partial charge in [0.15, 0.2) is 0 Å². The van der Waals surface area contributed by atoms with Gasteiger partial charge in [-0.3, -0.25) is 14.4 Å². The maximum atomic E-state index is 13.9. The van der Waals surface area contributed by atoms with E-state index >= 15 is 0 Å². The minimum absolute atomic E-state index is 0.0954. The Labute approximate surface area is 207 Å². The normalized spacial score (nSPS) is 31.1. The first-order valence-corrected chi connectivity index (χ1v) is 13.0. The van der Waals surface area contributed by atoms with Gasteiger partial charge in [-0.15, -0.1) is 0 Å². The summed E-state index contributed by atoms with van der Waals surface area (Å²) in [6, 6.07) is 5.04. The third kappa shape index (κ3) is 4.25. The highest BCUT2D eigenvalue weighted by Crippen LogP contribution is 2.63. The summed E-state index contributed by atoms with van der Waals surface area (Å²) in [6.07, 6.45) is 4.07. The van der Waals surface area contributed by atoms with E-state index in [4.69, 9.17) is 9.84 Å². The molecule has 3 aliphatic rings. The number of nitrogens with zero attached hydrogens (tertiary/aromatic N) is 1. The van der Waals surface area contributed by atoms with Gasteiger partial charge >= 0.3 is 0 Å².